The maximum atomic E-state index is 12.2. The highest BCUT2D eigenvalue weighted by molar-refractivity contribution is 6.31. The summed E-state index contributed by atoms with van der Waals surface area (Å²) >= 11 is 5.84. The highest BCUT2D eigenvalue weighted by Gasteiger charge is 2.15. The first-order chi connectivity index (χ1) is 13.9. The number of para-hydroxylation sites is 1. The van der Waals surface area contributed by atoms with Gasteiger partial charge in [0.15, 0.2) is 6.61 Å². The Bertz CT molecular complexity index is 955. The third-order valence-electron chi connectivity index (χ3n) is 3.57. The van der Waals surface area contributed by atoms with E-state index in [9.17, 15) is 14.4 Å². The number of rotatable bonds is 8. The van der Waals surface area contributed by atoms with Crippen LogP contribution in [0.5, 0.6) is 5.75 Å². The summed E-state index contributed by atoms with van der Waals surface area (Å²) in [6, 6.07) is 12.9. The molecule has 9 heteroatoms. The van der Waals surface area contributed by atoms with Crippen molar-refractivity contribution in [3.05, 3.63) is 58.6 Å². The molecule has 0 aliphatic carbocycles. The van der Waals surface area contributed by atoms with Gasteiger partial charge in [0.05, 0.1) is 23.4 Å². The van der Waals surface area contributed by atoms with E-state index in [1.807, 2.05) is 6.07 Å². The number of esters is 1. The summed E-state index contributed by atoms with van der Waals surface area (Å²) in [7, 11) is 0. The number of anilines is 1. The maximum absolute atomic E-state index is 12.2. The van der Waals surface area contributed by atoms with E-state index < -0.39 is 30.9 Å². The topological polar surface area (TPSA) is 118 Å². The molecular weight excluding hydrogens is 398 g/mol. The minimum absolute atomic E-state index is 0.210. The van der Waals surface area contributed by atoms with Crippen LogP contribution in [0.3, 0.4) is 0 Å². The zero-order valence-electron chi connectivity index (χ0n) is 15.5. The van der Waals surface area contributed by atoms with Crippen LogP contribution in [0.25, 0.3) is 0 Å². The number of halogens is 1. The predicted molar refractivity (Wildman–Crippen MR) is 106 cm³/mol. The molecule has 2 aromatic carbocycles. The molecule has 0 saturated carbocycles. The number of ether oxygens (including phenoxy) is 2. The van der Waals surface area contributed by atoms with Crippen molar-refractivity contribution in [2.75, 3.05) is 25.1 Å². The smallest absolute Gasteiger partial charge is 0.325 e. The number of benzene rings is 2. The predicted octanol–water partition coefficient (Wildman–Crippen LogP) is 2.52. The van der Waals surface area contributed by atoms with E-state index in [0.29, 0.717) is 17.4 Å². The molecule has 0 radical (unpaired) electrons. The lowest BCUT2D eigenvalue weighted by atomic mass is 10.2. The fourth-order valence-electron chi connectivity index (χ4n) is 2.28. The molecule has 2 aromatic rings. The van der Waals surface area contributed by atoms with Crippen molar-refractivity contribution in [3.8, 4) is 11.8 Å². The lowest BCUT2D eigenvalue weighted by Crippen LogP contribution is -2.32. The minimum Gasteiger partial charge on any atom is -0.493 e. The average Bonchev–Trinajstić information content (AvgIpc) is 2.71. The Labute approximate surface area is 172 Å². The van der Waals surface area contributed by atoms with Gasteiger partial charge in [-0.05, 0) is 37.3 Å². The average molecular weight is 416 g/mol. The highest BCUT2D eigenvalue weighted by atomic mass is 35.5. The minimum atomic E-state index is -0.797. The number of nitriles is 1. The number of nitrogens with zero attached hydrogens (tertiary/aromatic N) is 1. The van der Waals surface area contributed by atoms with Crippen LogP contribution in [-0.2, 0) is 14.3 Å². The molecule has 0 unspecified atom stereocenters. The molecule has 2 N–H and O–H groups in total. The SMILES string of the molecule is CCOc1ccccc1C(=O)NCC(=O)OCC(=O)Nc1cc(Cl)ccc1C#N. The number of carbonyl (C=O) groups excluding carboxylic acids is 3. The van der Waals surface area contributed by atoms with E-state index in [-0.39, 0.29) is 16.8 Å². The first-order valence-corrected chi connectivity index (χ1v) is 8.97. The van der Waals surface area contributed by atoms with Gasteiger partial charge in [-0.25, -0.2) is 0 Å². The third-order valence-corrected chi connectivity index (χ3v) is 3.80. The van der Waals surface area contributed by atoms with Gasteiger partial charge in [-0.1, -0.05) is 23.7 Å². The van der Waals surface area contributed by atoms with Gasteiger partial charge in [-0.2, -0.15) is 5.26 Å². The summed E-state index contributed by atoms with van der Waals surface area (Å²) in [5.41, 5.74) is 0.709. The number of hydrogen-bond donors (Lipinski definition) is 2. The van der Waals surface area contributed by atoms with Crippen molar-refractivity contribution >= 4 is 35.1 Å². The molecule has 0 bridgehead atoms. The molecule has 150 valence electrons. The van der Waals surface area contributed by atoms with Crippen LogP contribution in [0.15, 0.2) is 42.5 Å². The van der Waals surface area contributed by atoms with E-state index in [4.69, 9.17) is 26.3 Å². The van der Waals surface area contributed by atoms with Crippen molar-refractivity contribution in [1.29, 1.82) is 5.26 Å². The third kappa shape index (κ3) is 6.52. The number of nitrogens with one attached hydrogen (secondary N) is 2. The van der Waals surface area contributed by atoms with Gasteiger partial charge in [-0.3, -0.25) is 14.4 Å². The van der Waals surface area contributed by atoms with Crippen LogP contribution < -0.4 is 15.4 Å². The second-order valence-electron chi connectivity index (χ2n) is 5.62. The van der Waals surface area contributed by atoms with Crippen LogP contribution >= 0.6 is 11.6 Å². The number of hydrogen-bond acceptors (Lipinski definition) is 6. The fourth-order valence-corrected chi connectivity index (χ4v) is 2.46. The molecule has 0 fully saturated rings. The molecule has 0 aromatic heterocycles. The summed E-state index contributed by atoms with van der Waals surface area (Å²) in [4.78, 5) is 35.9. The van der Waals surface area contributed by atoms with Gasteiger partial charge in [0.25, 0.3) is 11.8 Å². The monoisotopic (exact) mass is 415 g/mol. The summed E-state index contributed by atoms with van der Waals surface area (Å²) in [6.45, 7) is 1.18. The zero-order chi connectivity index (χ0) is 21.2. The Hall–Kier alpha value is -3.57. The van der Waals surface area contributed by atoms with Crippen molar-refractivity contribution in [1.82, 2.24) is 5.32 Å². The molecule has 0 aliphatic rings. The van der Waals surface area contributed by atoms with Gasteiger partial charge < -0.3 is 20.1 Å². The fraction of sp³-hybridized carbons (Fsp3) is 0.200. The van der Waals surface area contributed by atoms with Gasteiger partial charge >= 0.3 is 5.97 Å². The second-order valence-corrected chi connectivity index (χ2v) is 6.06. The molecule has 2 rings (SSSR count). The molecule has 29 heavy (non-hydrogen) atoms. The van der Waals surface area contributed by atoms with Crippen LogP contribution in [0, 0.1) is 11.3 Å². The summed E-state index contributed by atoms with van der Waals surface area (Å²) in [5, 5.41) is 14.2. The second kappa shape index (κ2) is 10.7. The Balaban J connectivity index is 1.83. The van der Waals surface area contributed by atoms with Gasteiger partial charge in [-0.15, -0.1) is 0 Å². The first kappa shape index (κ1) is 21.7. The van der Waals surface area contributed by atoms with Crippen molar-refractivity contribution in [3.63, 3.8) is 0 Å². The molecule has 0 heterocycles. The maximum Gasteiger partial charge on any atom is 0.325 e. The highest BCUT2D eigenvalue weighted by Crippen LogP contribution is 2.20. The van der Waals surface area contributed by atoms with Crippen molar-refractivity contribution < 1.29 is 23.9 Å². The quantitative estimate of drug-likeness (QED) is 0.639. The molecule has 8 nitrogen and oxygen atoms in total. The van der Waals surface area contributed by atoms with E-state index in [1.165, 1.54) is 18.2 Å². The lowest BCUT2D eigenvalue weighted by Gasteiger charge is -2.11. The van der Waals surface area contributed by atoms with E-state index >= 15 is 0 Å². The van der Waals surface area contributed by atoms with Crippen LogP contribution in [0.2, 0.25) is 5.02 Å². The van der Waals surface area contributed by atoms with Gasteiger partial charge in [0.2, 0.25) is 0 Å². The molecule has 0 spiro atoms. The van der Waals surface area contributed by atoms with Crippen LogP contribution in [0.1, 0.15) is 22.8 Å². The summed E-state index contributed by atoms with van der Waals surface area (Å²) in [6.07, 6.45) is 0. The first-order valence-electron chi connectivity index (χ1n) is 8.59. The Morgan fingerprint density at radius 2 is 1.93 bits per heavy atom. The van der Waals surface area contributed by atoms with Gasteiger partial charge in [0, 0.05) is 5.02 Å². The largest absolute Gasteiger partial charge is 0.493 e. The normalized spacial score (nSPS) is 9.83. The van der Waals surface area contributed by atoms with Crippen LogP contribution in [-0.4, -0.2) is 37.5 Å². The standard InChI is InChI=1S/C20H18ClN3O5/c1-2-28-17-6-4-3-5-15(17)20(27)23-11-19(26)29-12-18(25)24-16-9-14(21)8-7-13(16)10-22/h3-9H,2,11-12H2,1H3,(H,23,27)(H,24,25). The molecule has 0 saturated heterocycles. The zero-order valence-corrected chi connectivity index (χ0v) is 16.3. The molecule has 2 amide bonds. The van der Waals surface area contributed by atoms with Gasteiger partial charge in [0.1, 0.15) is 18.4 Å². The van der Waals surface area contributed by atoms with Crippen LogP contribution in [0.4, 0.5) is 5.69 Å². The van der Waals surface area contributed by atoms with E-state index in [0.717, 1.165) is 0 Å². The Morgan fingerprint density at radius 3 is 2.66 bits per heavy atom. The molecular formula is C20H18ClN3O5. The van der Waals surface area contributed by atoms with Crippen molar-refractivity contribution in [2.45, 2.75) is 6.92 Å². The number of carbonyl (C=O) groups is 3. The van der Waals surface area contributed by atoms with Crippen molar-refractivity contribution in [2.24, 2.45) is 0 Å². The number of amides is 2. The molecule has 0 atom stereocenters. The Kier molecular flexibility index (Phi) is 8.00. The molecule has 0 aliphatic heterocycles. The van der Waals surface area contributed by atoms with E-state index in [2.05, 4.69) is 10.6 Å². The van der Waals surface area contributed by atoms with E-state index in [1.54, 1.807) is 31.2 Å². The lowest BCUT2D eigenvalue weighted by molar-refractivity contribution is -0.146. The summed E-state index contributed by atoms with van der Waals surface area (Å²) < 4.78 is 10.2. The Morgan fingerprint density at radius 1 is 1.17 bits per heavy atom. The summed E-state index contributed by atoms with van der Waals surface area (Å²) in [5.74, 6) is -1.55.